The highest BCUT2D eigenvalue weighted by Gasteiger charge is 2.20. The van der Waals surface area contributed by atoms with Gasteiger partial charge in [0.05, 0.1) is 19.2 Å². The first kappa shape index (κ1) is 8.31. The monoisotopic (exact) mass is 184 g/mol. The summed E-state index contributed by atoms with van der Waals surface area (Å²) in [6.07, 6.45) is 1.77. The molecule has 1 radical (unpaired) electrons. The number of H-pyrrole nitrogens is 1. The van der Waals surface area contributed by atoms with Crippen LogP contribution in [0.2, 0.25) is 0 Å². The van der Waals surface area contributed by atoms with Crippen LogP contribution in [0.3, 0.4) is 0 Å². The fourth-order valence-electron chi connectivity index (χ4n) is 1.44. The van der Waals surface area contributed by atoms with E-state index in [1.54, 1.807) is 7.11 Å². The Bertz CT molecular complexity index is 413. The Morgan fingerprint density at radius 3 is 2.85 bits per heavy atom. The maximum absolute atomic E-state index is 11.2. The molecule has 0 amide bonds. The molecule has 1 aliphatic rings. The number of hydrogen-bond donors (Lipinski definition) is 1. The molecular weight excluding hydrogens is 174 g/mol. The number of nitrogens with one attached hydrogen (secondary N) is 1. The Morgan fingerprint density at radius 1 is 1.46 bits per heavy atom. The lowest BCUT2D eigenvalue weighted by Gasteiger charge is -2.22. The van der Waals surface area contributed by atoms with Gasteiger partial charge in [0.25, 0.3) is 0 Å². The van der Waals surface area contributed by atoms with Crippen molar-refractivity contribution in [3.8, 4) is 0 Å². The van der Waals surface area contributed by atoms with E-state index in [9.17, 15) is 9.59 Å². The second-order valence-corrected chi connectivity index (χ2v) is 2.91. The quantitative estimate of drug-likeness (QED) is 0.581. The Hall–Kier alpha value is -1.30. The van der Waals surface area contributed by atoms with Gasteiger partial charge in [-0.15, -0.1) is 0 Å². The van der Waals surface area contributed by atoms with Crippen molar-refractivity contribution in [2.24, 2.45) is 0 Å². The summed E-state index contributed by atoms with van der Waals surface area (Å²) in [4.78, 5) is 24.5. The lowest BCUT2D eigenvalue weighted by Crippen LogP contribution is -2.38. The van der Waals surface area contributed by atoms with Crippen molar-refractivity contribution in [1.82, 2.24) is 14.3 Å². The Kier molecular flexibility index (Phi) is 1.84. The number of fused-ring (bicyclic) bond motifs is 1. The van der Waals surface area contributed by atoms with E-state index >= 15 is 0 Å². The number of aromatic amines is 1. The van der Waals surface area contributed by atoms with Gasteiger partial charge in [0, 0.05) is 13.5 Å². The Morgan fingerprint density at radius 2 is 2.15 bits per heavy atom. The smallest absolute Gasteiger partial charge is 0.344 e. The zero-order valence-electron chi connectivity index (χ0n) is 7.19. The lowest BCUT2D eigenvalue weighted by molar-refractivity contribution is 0.0846. The maximum atomic E-state index is 11.2. The molecule has 2 rings (SSSR count). The first-order valence-corrected chi connectivity index (χ1v) is 3.98. The minimum Gasteiger partial charge on any atom is -0.379 e. The first-order valence-electron chi connectivity index (χ1n) is 3.98. The van der Waals surface area contributed by atoms with Gasteiger partial charge in [-0.25, -0.2) is 19.0 Å². The molecule has 0 aromatic carbocycles. The van der Waals surface area contributed by atoms with Crippen molar-refractivity contribution < 1.29 is 4.74 Å². The second-order valence-electron chi connectivity index (χ2n) is 2.91. The minimum atomic E-state index is -0.375. The Balaban J connectivity index is 2.45. The molecule has 13 heavy (non-hydrogen) atoms. The summed E-state index contributed by atoms with van der Waals surface area (Å²) in [6.45, 7) is 0.810. The highest BCUT2D eigenvalue weighted by Crippen LogP contribution is 2.04. The molecule has 1 aromatic heterocycles. The summed E-state index contributed by atoms with van der Waals surface area (Å²) in [7, 11) is 1.58. The summed E-state index contributed by atoms with van der Waals surface area (Å²) >= 11 is 0. The molecule has 1 aliphatic heterocycles. The average Bonchev–Trinajstić information content (AvgIpc) is 2.42. The number of rotatable bonds is 1. The van der Waals surface area contributed by atoms with Crippen LogP contribution < -0.4 is 11.4 Å². The van der Waals surface area contributed by atoms with Gasteiger partial charge in [-0.2, -0.15) is 0 Å². The molecule has 0 spiro atoms. The summed E-state index contributed by atoms with van der Waals surface area (Å²) in [5.74, 6) is 0. The first-order chi connectivity index (χ1) is 6.22. The second kappa shape index (κ2) is 2.88. The summed E-state index contributed by atoms with van der Waals surface area (Å²) in [6, 6.07) is 0. The van der Waals surface area contributed by atoms with Gasteiger partial charge in [-0.05, 0) is 0 Å². The third-order valence-corrected chi connectivity index (χ3v) is 2.17. The third-order valence-electron chi connectivity index (χ3n) is 2.17. The number of methoxy groups -OCH3 is 1. The number of hydrogen-bond acceptors (Lipinski definition) is 3. The molecule has 0 fully saturated rings. The summed E-state index contributed by atoms with van der Waals surface area (Å²) in [5.41, 5.74) is -0.740. The highest BCUT2D eigenvalue weighted by molar-refractivity contribution is 4.85. The molecule has 0 saturated heterocycles. The zero-order chi connectivity index (χ0) is 9.42. The van der Waals surface area contributed by atoms with E-state index in [4.69, 9.17) is 4.74 Å². The van der Waals surface area contributed by atoms with E-state index in [1.165, 1.54) is 9.36 Å². The normalized spacial score (nSPS) is 21.5. The molecule has 0 saturated carbocycles. The third kappa shape index (κ3) is 1.23. The largest absolute Gasteiger partial charge is 0.379 e. The molecule has 0 aliphatic carbocycles. The van der Waals surface area contributed by atoms with Crippen molar-refractivity contribution in [3.05, 3.63) is 27.4 Å². The molecule has 1 unspecified atom stereocenters. The van der Waals surface area contributed by atoms with E-state index in [1.807, 2.05) is 6.42 Å². The van der Waals surface area contributed by atoms with Crippen LogP contribution in [0.15, 0.2) is 9.59 Å². The molecule has 0 bridgehead atoms. The molecule has 1 N–H and O–H groups in total. The van der Waals surface area contributed by atoms with Gasteiger partial charge in [-0.3, -0.25) is 4.98 Å². The van der Waals surface area contributed by atoms with Crippen LogP contribution in [-0.4, -0.2) is 27.6 Å². The predicted octanol–water partition coefficient (Wildman–Crippen LogP) is -1.43. The maximum Gasteiger partial charge on any atom is 0.344 e. The van der Waals surface area contributed by atoms with Gasteiger partial charge < -0.3 is 4.74 Å². The van der Waals surface area contributed by atoms with Crippen LogP contribution in [-0.2, 0) is 17.8 Å². The standard InChI is InChI=1S/C7H10N3O3/c1-13-5-2-3-9-6(11)8-7(12)10(9)4-5/h2,5H,3-4H2,1H3,(H,8,11,12). The molecule has 71 valence electrons. The van der Waals surface area contributed by atoms with Crippen LogP contribution in [0.1, 0.15) is 0 Å². The van der Waals surface area contributed by atoms with Gasteiger partial charge in [0.2, 0.25) is 0 Å². The molecule has 1 atom stereocenters. The van der Waals surface area contributed by atoms with Crippen molar-refractivity contribution >= 4 is 0 Å². The number of nitrogens with zero attached hydrogens (tertiary/aromatic N) is 2. The van der Waals surface area contributed by atoms with E-state index in [0.29, 0.717) is 13.1 Å². The fourth-order valence-corrected chi connectivity index (χ4v) is 1.44. The van der Waals surface area contributed by atoms with E-state index in [0.717, 1.165) is 0 Å². The summed E-state index contributed by atoms with van der Waals surface area (Å²) in [5, 5.41) is 0. The molecule has 6 nitrogen and oxygen atoms in total. The van der Waals surface area contributed by atoms with Crippen LogP contribution in [0, 0.1) is 6.42 Å². The van der Waals surface area contributed by atoms with E-state index < -0.39 is 0 Å². The van der Waals surface area contributed by atoms with Gasteiger partial charge in [-0.1, -0.05) is 0 Å². The van der Waals surface area contributed by atoms with Crippen molar-refractivity contribution in [1.29, 1.82) is 0 Å². The predicted molar refractivity (Wildman–Crippen MR) is 44.4 cm³/mol. The summed E-state index contributed by atoms with van der Waals surface area (Å²) < 4.78 is 7.78. The minimum absolute atomic E-state index is 0.0899. The molecule has 6 heteroatoms. The highest BCUT2D eigenvalue weighted by atomic mass is 16.5. The van der Waals surface area contributed by atoms with Gasteiger partial charge in [0.1, 0.15) is 0 Å². The van der Waals surface area contributed by atoms with Crippen molar-refractivity contribution in [2.45, 2.75) is 19.2 Å². The average molecular weight is 184 g/mol. The van der Waals surface area contributed by atoms with Crippen LogP contribution in [0.25, 0.3) is 0 Å². The molecular formula is C7H10N3O3. The molecule has 2 heterocycles. The molecule has 1 aromatic rings. The fraction of sp³-hybridized carbons (Fsp3) is 0.571. The van der Waals surface area contributed by atoms with Gasteiger partial charge in [0.15, 0.2) is 0 Å². The van der Waals surface area contributed by atoms with Crippen LogP contribution in [0.5, 0.6) is 0 Å². The van der Waals surface area contributed by atoms with Crippen LogP contribution >= 0.6 is 0 Å². The van der Waals surface area contributed by atoms with E-state index in [-0.39, 0.29) is 17.5 Å². The van der Waals surface area contributed by atoms with Crippen molar-refractivity contribution in [2.75, 3.05) is 7.11 Å². The lowest BCUT2D eigenvalue weighted by atomic mass is 10.2. The number of aromatic nitrogens is 3. The Labute approximate surface area is 73.7 Å². The topological polar surface area (TPSA) is 69.0 Å². The van der Waals surface area contributed by atoms with Gasteiger partial charge >= 0.3 is 11.4 Å². The zero-order valence-corrected chi connectivity index (χ0v) is 7.19. The number of ether oxygens (including phenoxy) is 1. The SMILES string of the molecule is COC1[CH]Cn2c(=O)[nH]c(=O)n2C1. The van der Waals surface area contributed by atoms with Crippen molar-refractivity contribution in [3.63, 3.8) is 0 Å². The van der Waals surface area contributed by atoms with Crippen LogP contribution in [0.4, 0.5) is 0 Å². The van der Waals surface area contributed by atoms with E-state index in [2.05, 4.69) is 4.98 Å².